The zero-order valence-corrected chi connectivity index (χ0v) is 11.1. The monoisotopic (exact) mass is 308 g/mol. The summed E-state index contributed by atoms with van der Waals surface area (Å²) in [6.45, 7) is 7.83. The van der Waals surface area contributed by atoms with Crippen molar-refractivity contribution < 1.29 is 4.74 Å². The predicted octanol–water partition coefficient (Wildman–Crippen LogP) is 2.82. The van der Waals surface area contributed by atoms with E-state index in [0.29, 0.717) is 6.61 Å². The van der Waals surface area contributed by atoms with E-state index in [4.69, 9.17) is 4.74 Å². The Kier molecular flexibility index (Phi) is 4.88. The van der Waals surface area contributed by atoms with Gasteiger partial charge in [0, 0.05) is 12.7 Å². The van der Waals surface area contributed by atoms with E-state index in [1.165, 1.54) is 3.57 Å². The third-order valence-corrected chi connectivity index (χ3v) is 2.69. The van der Waals surface area contributed by atoms with E-state index in [1.54, 1.807) is 0 Å². The van der Waals surface area contributed by atoms with E-state index in [0.717, 1.165) is 18.7 Å². The van der Waals surface area contributed by atoms with Gasteiger partial charge < -0.3 is 4.74 Å². The standard InChI is InChI=1S/C10H17IN2O/c1-4-5-13-6-9(11)10(12-13)7-14-8(2)3/h6,8H,4-5,7H2,1-3H3. The van der Waals surface area contributed by atoms with Crippen LogP contribution in [-0.4, -0.2) is 15.9 Å². The normalized spacial score (nSPS) is 11.2. The molecule has 80 valence electrons. The number of hydrogen-bond donors (Lipinski definition) is 0. The maximum atomic E-state index is 5.52. The molecule has 0 N–H and O–H groups in total. The third-order valence-electron chi connectivity index (χ3n) is 1.79. The summed E-state index contributed by atoms with van der Waals surface area (Å²) < 4.78 is 8.70. The van der Waals surface area contributed by atoms with Crippen molar-refractivity contribution in [3.8, 4) is 0 Å². The van der Waals surface area contributed by atoms with Crippen LogP contribution < -0.4 is 0 Å². The van der Waals surface area contributed by atoms with E-state index in [9.17, 15) is 0 Å². The molecule has 0 bridgehead atoms. The van der Waals surface area contributed by atoms with Crippen molar-refractivity contribution in [2.24, 2.45) is 0 Å². The fourth-order valence-electron chi connectivity index (χ4n) is 1.12. The van der Waals surface area contributed by atoms with E-state index >= 15 is 0 Å². The lowest BCUT2D eigenvalue weighted by Gasteiger charge is -2.05. The lowest BCUT2D eigenvalue weighted by atomic mass is 10.4. The van der Waals surface area contributed by atoms with Gasteiger partial charge in [0.25, 0.3) is 0 Å². The second-order valence-corrected chi connectivity index (χ2v) is 4.71. The van der Waals surface area contributed by atoms with Crippen molar-refractivity contribution >= 4 is 22.6 Å². The molecule has 0 aromatic carbocycles. The molecule has 4 heteroatoms. The maximum absolute atomic E-state index is 5.52. The molecule has 1 rings (SSSR count). The molecule has 0 aliphatic heterocycles. The number of nitrogens with zero attached hydrogens (tertiary/aromatic N) is 2. The van der Waals surface area contributed by atoms with Crippen molar-refractivity contribution in [2.45, 2.75) is 46.4 Å². The Morgan fingerprint density at radius 3 is 2.86 bits per heavy atom. The summed E-state index contributed by atoms with van der Waals surface area (Å²) in [6.07, 6.45) is 3.45. The van der Waals surface area contributed by atoms with Gasteiger partial charge in [-0.15, -0.1) is 0 Å². The van der Waals surface area contributed by atoms with Crippen molar-refractivity contribution in [3.63, 3.8) is 0 Å². The summed E-state index contributed by atoms with van der Waals surface area (Å²) in [6, 6.07) is 0. The second kappa shape index (κ2) is 5.70. The van der Waals surface area contributed by atoms with Gasteiger partial charge in [-0.3, -0.25) is 4.68 Å². The Morgan fingerprint density at radius 2 is 2.29 bits per heavy atom. The molecular weight excluding hydrogens is 291 g/mol. The highest BCUT2D eigenvalue weighted by molar-refractivity contribution is 14.1. The Balaban J connectivity index is 2.58. The Bertz CT molecular complexity index is 284. The third kappa shape index (κ3) is 3.57. The Hall–Kier alpha value is -0.100. The molecule has 0 atom stereocenters. The van der Waals surface area contributed by atoms with Gasteiger partial charge in [-0.05, 0) is 42.9 Å². The molecule has 0 aliphatic rings. The SMILES string of the molecule is CCCn1cc(I)c(COC(C)C)n1. The molecule has 3 nitrogen and oxygen atoms in total. The summed E-state index contributed by atoms with van der Waals surface area (Å²) >= 11 is 2.30. The lowest BCUT2D eigenvalue weighted by Crippen LogP contribution is -2.04. The first-order valence-electron chi connectivity index (χ1n) is 4.97. The van der Waals surface area contributed by atoms with Crippen molar-refractivity contribution in [2.75, 3.05) is 0 Å². The molecule has 1 aromatic heterocycles. The van der Waals surface area contributed by atoms with Gasteiger partial charge >= 0.3 is 0 Å². The first-order valence-corrected chi connectivity index (χ1v) is 6.04. The highest BCUT2D eigenvalue weighted by Crippen LogP contribution is 2.12. The zero-order valence-electron chi connectivity index (χ0n) is 8.96. The summed E-state index contributed by atoms with van der Waals surface area (Å²) in [5, 5.41) is 4.46. The Morgan fingerprint density at radius 1 is 1.57 bits per heavy atom. The fourth-order valence-corrected chi connectivity index (χ4v) is 1.71. The number of ether oxygens (including phenoxy) is 1. The van der Waals surface area contributed by atoms with Crippen LogP contribution in [0, 0.1) is 3.57 Å². The van der Waals surface area contributed by atoms with Gasteiger partial charge in [-0.25, -0.2) is 0 Å². The number of halogens is 1. The number of rotatable bonds is 5. The minimum atomic E-state index is 0.266. The van der Waals surface area contributed by atoms with E-state index in [-0.39, 0.29) is 6.10 Å². The van der Waals surface area contributed by atoms with Crippen LogP contribution >= 0.6 is 22.6 Å². The van der Waals surface area contributed by atoms with Gasteiger partial charge in [0.2, 0.25) is 0 Å². The maximum Gasteiger partial charge on any atom is 0.101 e. The molecule has 0 saturated heterocycles. The molecule has 1 aromatic rings. The van der Waals surface area contributed by atoms with Crippen LogP contribution in [0.5, 0.6) is 0 Å². The largest absolute Gasteiger partial charge is 0.372 e. The first-order chi connectivity index (χ1) is 6.63. The summed E-state index contributed by atoms with van der Waals surface area (Å²) in [7, 11) is 0. The van der Waals surface area contributed by atoms with Gasteiger partial charge in [0.15, 0.2) is 0 Å². The van der Waals surface area contributed by atoms with Gasteiger partial charge in [0.1, 0.15) is 5.69 Å². The summed E-state index contributed by atoms with van der Waals surface area (Å²) in [5.74, 6) is 0. The first kappa shape index (κ1) is 12.0. The average molecular weight is 308 g/mol. The number of hydrogen-bond acceptors (Lipinski definition) is 2. The number of aromatic nitrogens is 2. The summed E-state index contributed by atoms with van der Waals surface area (Å²) in [5.41, 5.74) is 1.05. The van der Waals surface area contributed by atoms with Crippen LogP contribution in [0.1, 0.15) is 32.9 Å². The van der Waals surface area contributed by atoms with Crippen LogP contribution in [0.25, 0.3) is 0 Å². The van der Waals surface area contributed by atoms with E-state index in [2.05, 4.69) is 40.8 Å². The smallest absolute Gasteiger partial charge is 0.101 e. The predicted molar refractivity (Wildman–Crippen MR) is 65.2 cm³/mol. The van der Waals surface area contributed by atoms with Crippen LogP contribution in [0.3, 0.4) is 0 Å². The topological polar surface area (TPSA) is 27.1 Å². The van der Waals surface area contributed by atoms with Crippen LogP contribution in [0.4, 0.5) is 0 Å². The minimum absolute atomic E-state index is 0.266. The molecule has 1 heterocycles. The Labute approximate surface area is 99.0 Å². The van der Waals surface area contributed by atoms with Crippen LogP contribution in [0.15, 0.2) is 6.20 Å². The molecule has 0 amide bonds. The molecular formula is C10H17IN2O. The molecule has 0 saturated carbocycles. The highest BCUT2D eigenvalue weighted by atomic mass is 127. The van der Waals surface area contributed by atoms with Gasteiger partial charge in [-0.1, -0.05) is 6.92 Å². The molecule has 0 fully saturated rings. The zero-order chi connectivity index (χ0) is 10.6. The van der Waals surface area contributed by atoms with Crippen LogP contribution in [-0.2, 0) is 17.9 Å². The van der Waals surface area contributed by atoms with Gasteiger partial charge in [-0.2, -0.15) is 5.10 Å². The molecule has 14 heavy (non-hydrogen) atoms. The molecule has 0 unspecified atom stereocenters. The average Bonchev–Trinajstić information content (AvgIpc) is 2.44. The quantitative estimate of drug-likeness (QED) is 0.782. The van der Waals surface area contributed by atoms with Gasteiger partial charge in [0.05, 0.1) is 16.3 Å². The molecule has 0 spiro atoms. The molecule has 0 aliphatic carbocycles. The van der Waals surface area contributed by atoms with E-state index in [1.807, 2.05) is 18.5 Å². The van der Waals surface area contributed by atoms with E-state index < -0.39 is 0 Å². The number of aryl methyl sites for hydroxylation is 1. The lowest BCUT2D eigenvalue weighted by molar-refractivity contribution is 0.0628. The highest BCUT2D eigenvalue weighted by Gasteiger charge is 2.06. The van der Waals surface area contributed by atoms with Crippen molar-refractivity contribution in [1.29, 1.82) is 0 Å². The fraction of sp³-hybridized carbons (Fsp3) is 0.700. The van der Waals surface area contributed by atoms with Crippen molar-refractivity contribution in [3.05, 3.63) is 15.5 Å². The van der Waals surface area contributed by atoms with Crippen LogP contribution in [0.2, 0.25) is 0 Å². The summed E-state index contributed by atoms with van der Waals surface area (Å²) in [4.78, 5) is 0. The second-order valence-electron chi connectivity index (χ2n) is 3.55. The van der Waals surface area contributed by atoms with Crippen molar-refractivity contribution in [1.82, 2.24) is 9.78 Å². The minimum Gasteiger partial charge on any atom is -0.372 e. The molecule has 0 radical (unpaired) electrons.